The van der Waals surface area contributed by atoms with E-state index < -0.39 is 0 Å². The van der Waals surface area contributed by atoms with Crippen molar-refractivity contribution in [3.63, 3.8) is 0 Å². The van der Waals surface area contributed by atoms with E-state index in [1.54, 1.807) is 5.51 Å². The molecule has 92 valence electrons. The van der Waals surface area contributed by atoms with Gasteiger partial charge in [-0.1, -0.05) is 30.3 Å². The molecular formula is C14H14N2OS. The second kappa shape index (κ2) is 4.90. The van der Waals surface area contributed by atoms with Crippen molar-refractivity contribution in [2.24, 2.45) is 0 Å². The van der Waals surface area contributed by atoms with E-state index in [2.05, 4.69) is 4.98 Å². The van der Waals surface area contributed by atoms with Gasteiger partial charge in [0.2, 0.25) is 0 Å². The van der Waals surface area contributed by atoms with Gasteiger partial charge in [0.05, 0.1) is 11.2 Å². The Labute approximate surface area is 110 Å². The number of benzene rings is 1. The lowest BCUT2D eigenvalue weighted by molar-refractivity contribution is 0.0798. The van der Waals surface area contributed by atoms with Gasteiger partial charge >= 0.3 is 0 Å². The molecule has 0 atom stereocenters. The summed E-state index contributed by atoms with van der Waals surface area (Å²) in [5, 5.41) is 0. The van der Waals surface area contributed by atoms with Crippen LogP contribution in [0.25, 0.3) is 11.3 Å². The van der Waals surface area contributed by atoms with Crippen LogP contribution in [0.3, 0.4) is 0 Å². The fraction of sp³-hybridized carbons (Fsp3) is 0.286. The Balaban J connectivity index is 1.94. The highest BCUT2D eigenvalue weighted by atomic mass is 32.1. The van der Waals surface area contributed by atoms with Crippen LogP contribution in [0.4, 0.5) is 0 Å². The molecule has 0 spiro atoms. The maximum absolute atomic E-state index is 12.4. The van der Waals surface area contributed by atoms with Crippen molar-refractivity contribution in [3.8, 4) is 11.3 Å². The number of rotatable bonds is 2. The van der Waals surface area contributed by atoms with Crippen LogP contribution in [0.2, 0.25) is 0 Å². The first-order valence-electron chi connectivity index (χ1n) is 6.14. The Morgan fingerprint density at radius 2 is 1.89 bits per heavy atom. The van der Waals surface area contributed by atoms with Crippen LogP contribution >= 0.6 is 11.3 Å². The summed E-state index contributed by atoms with van der Waals surface area (Å²) in [7, 11) is 0. The molecule has 0 aliphatic carbocycles. The molecule has 18 heavy (non-hydrogen) atoms. The molecule has 1 fully saturated rings. The minimum Gasteiger partial charge on any atom is -0.338 e. The van der Waals surface area contributed by atoms with Gasteiger partial charge in [-0.3, -0.25) is 4.79 Å². The van der Waals surface area contributed by atoms with E-state index in [0.717, 1.165) is 42.1 Å². The van der Waals surface area contributed by atoms with Crippen molar-refractivity contribution in [1.29, 1.82) is 0 Å². The van der Waals surface area contributed by atoms with E-state index in [-0.39, 0.29) is 5.91 Å². The van der Waals surface area contributed by atoms with Crippen molar-refractivity contribution in [1.82, 2.24) is 9.88 Å². The Hall–Kier alpha value is -1.68. The van der Waals surface area contributed by atoms with Crippen LogP contribution in [-0.4, -0.2) is 28.9 Å². The molecule has 1 aliphatic heterocycles. The Bertz CT molecular complexity index is 544. The quantitative estimate of drug-likeness (QED) is 0.829. The summed E-state index contributed by atoms with van der Waals surface area (Å²) in [6, 6.07) is 9.90. The minimum atomic E-state index is 0.133. The molecule has 2 heterocycles. The molecule has 1 saturated heterocycles. The summed E-state index contributed by atoms with van der Waals surface area (Å²) in [5.74, 6) is 0.133. The zero-order valence-electron chi connectivity index (χ0n) is 10.0. The van der Waals surface area contributed by atoms with Gasteiger partial charge in [-0.25, -0.2) is 4.98 Å². The highest BCUT2D eigenvalue weighted by Gasteiger charge is 2.24. The molecule has 1 aliphatic rings. The molecule has 3 rings (SSSR count). The van der Waals surface area contributed by atoms with Gasteiger partial charge in [0.1, 0.15) is 4.88 Å². The normalized spacial score (nSPS) is 15.0. The summed E-state index contributed by atoms with van der Waals surface area (Å²) < 4.78 is 0. The van der Waals surface area contributed by atoms with Crippen LogP contribution in [0.1, 0.15) is 22.5 Å². The molecule has 4 heteroatoms. The monoisotopic (exact) mass is 258 g/mol. The van der Waals surface area contributed by atoms with Gasteiger partial charge in [0.25, 0.3) is 5.91 Å². The average molecular weight is 258 g/mol. The predicted octanol–water partition coefficient (Wildman–Crippen LogP) is 3.05. The van der Waals surface area contributed by atoms with Gasteiger partial charge < -0.3 is 4.90 Å². The topological polar surface area (TPSA) is 33.2 Å². The second-order valence-corrected chi connectivity index (χ2v) is 5.25. The highest BCUT2D eigenvalue weighted by molar-refractivity contribution is 7.12. The van der Waals surface area contributed by atoms with Crippen LogP contribution in [0, 0.1) is 0 Å². The maximum atomic E-state index is 12.4. The van der Waals surface area contributed by atoms with Gasteiger partial charge in [-0.2, -0.15) is 0 Å². The first kappa shape index (κ1) is 11.4. The number of aromatic nitrogens is 1. The summed E-state index contributed by atoms with van der Waals surface area (Å²) in [4.78, 5) is 19.4. The molecule has 0 unspecified atom stereocenters. The molecule has 3 nitrogen and oxygen atoms in total. The van der Waals surface area contributed by atoms with Crippen LogP contribution in [0.5, 0.6) is 0 Å². The van der Waals surface area contributed by atoms with E-state index in [9.17, 15) is 4.79 Å². The molecule has 0 bridgehead atoms. The Morgan fingerprint density at radius 1 is 1.17 bits per heavy atom. The molecule has 1 aromatic carbocycles. The van der Waals surface area contributed by atoms with E-state index in [1.165, 1.54) is 11.3 Å². The van der Waals surface area contributed by atoms with Crippen molar-refractivity contribution >= 4 is 17.2 Å². The van der Waals surface area contributed by atoms with Gasteiger partial charge in [-0.15, -0.1) is 11.3 Å². The number of hydrogen-bond acceptors (Lipinski definition) is 3. The fourth-order valence-corrected chi connectivity index (χ4v) is 3.04. The third-order valence-electron chi connectivity index (χ3n) is 3.20. The van der Waals surface area contributed by atoms with E-state index in [4.69, 9.17) is 0 Å². The summed E-state index contributed by atoms with van der Waals surface area (Å²) >= 11 is 1.44. The summed E-state index contributed by atoms with van der Waals surface area (Å²) in [6.45, 7) is 1.76. The summed E-state index contributed by atoms with van der Waals surface area (Å²) in [5.41, 5.74) is 3.59. The lowest BCUT2D eigenvalue weighted by Gasteiger charge is -2.14. The third kappa shape index (κ3) is 2.04. The lowest BCUT2D eigenvalue weighted by atomic mass is 10.1. The highest BCUT2D eigenvalue weighted by Crippen LogP contribution is 2.27. The molecular weight excluding hydrogens is 244 g/mol. The predicted molar refractivity (Wildman–Crippen MR) is 72.7 cm³/mol. The van der Waals surface area contributed by atoms with E-state index >= 15 is 0 Å². The van der Waals surface area contributed by atoms with Gasteiger partial charge in [0.15, 0.2) is 0 Å². The Morgan fingerprint density at radius 3 is 2.61 bits per heavy atom. The standard InChI is InChI=1S/C14H14N2OS/c17-14(16-8-4-5-9-16)13-12(15-10-18-13)11-6-2-1-3-7-11/h1-3,6-7,10H,4-5,8-9H2. The number of nitrogens with zero attached hydrogens (tertiary/aromatic N) is 2. The third-order valence-corrected chi connectivity index (χ3v) is 4.02. The maximum Gasteiger partial charge on any atom is 0.266 e. The number of amides is 1. The van der Waals surface area contributed by atoms with E-state index in [1.807, 2.05) is 35.2 Å². The fourth-order valence-electron chi connectivity index (χ4n) is 2.26. The van der Waals surface area contributed by atoms with Crippen molar-refractivity contribution in [2.45, 2.75) is 12.8 Å². The van der Waals surface area contributed by atoms with Gasteiger partial charge in [-0.05, 0) is 12.8 Å². The van der Waals surface area contributed by atoms with Gasteiger partial charge in [0, 0.05) is 18.7 Å². The number of likely N-dealkylation sites (tertiary alicyclic amines) is 1. The molecule has 0 N–H and O–H groups in total. The SMILES string of the molecule is O=C(c1scnc1-c1ccccc1)N1CCCC1. The van der Waals surface area contributed by atoms with Crippen LogP contribution < -0.4 is 0 Å². The molecule has 1 aromatic heterocycles. The molecule has 0 saturated carbocycles. The number of carbonyl (C=O) groups is 1. The average Bonchev–Trinajstić information content (AvgIpc) is 3.10. The van der Waals surface area contributed by atoms with Crippen LogP contribution in [-0.2, 0) is 0 Å². The van der Waals surface area contributed by atoms with Crippen molar-refractivity contribution in [3.05, 3.63) is 40.7 Å². The molecule has 2 aromatic rings. The van der Waals surface area contributed by atoms with E-state index in [0.29, 0.717) is 0 Å². The minimum absolute atomic E-state index is 0.133. The lowest BCUT2D eigenvalue weighted by Crippen LogP contribution is -2.27. The van der Waals surface area contributed by atoms with Crippen molar-refractivity contribution < 1.29 is 4.79 Å². The molecule has 1 amide bonds. The Kier molecular flexibility index (Phi) is 3.11. The summed E-state index contributed by atoms with van der Waals surface area (Å²) in [6.07, 6.45) is 2.23. The first-order chi connectivity index (χ1) is 8.86. The zero-order valence-corrected chi connectivity index (χ0v) is 10.8. The second-order valence-electron chi connectivity index (χ2n) is 4.40. The number of thiazole rings is 1. The smallest absolute Gasteiger partial charge is 0.266 e. The van der Waals surface area contributed by atoms with Crippen molar-refractivity contribution in [2.75, 3.05) is 13.1 Å². The first-order valence-corrected chi connectivity index (χ1v) is 7.02. The zero-order chi connectivity index (χ0) is 12.4. The van der Waals surface area contributed by atoms with Crippen LogP contribution in [0.15, 0.2) is 35.8 Å². The number of hydrogen-bond donors (Lipinski definition) is 0. The number of carbonyl (C=O) groups excluding carboxylic acids is 1. The largest absolute Gasteiger partial charge is 0.338 e. The molecule has 0 radical (unpaired) electrons.